The van der Waals surface area contributed by atoms with E-state index in [0.717, 1.165) is 5.69 Å². The van der Waals surface area contributed by atoms with Gasteiger partial charge in [0, 0.05) is 23.6 Å². The van der Waals surface area contributed by atoms with E-state index in [0.29, 0.717) is 53.7 Å². The largest absolute Gasteiger partial charge is 0.481 e. The van der Waals surface area contributed by atoms with Crippen LogP contribution in [0.2, 0.25) is 0 Å². The van der Waals surface area contributed by atoms with Crippen molar-refractivity contribution in [1.82, 2.24) is 19.5 Å². The maximum atomic E-state index is 13.9. The van der Waals surface area contributed by atoms with Crippen LogP contribution in [0.15, 0.2) is 72.9 Å². The van der Waals surface area contributed by atoms with E-state index in [1.54, 1.807) is 35.2 Å². The predicted molar refractivity (Wildman–Crippen MR) is 153 cm³/mol. The van der Waals surface area contributed by atoms with Crippen molar-refractivity contribution in [2.45, 2.75) is 50.7 Å². The molecule has 0 radical (unpaired) electrons. The van der Waals surface area contributed by atoms with Crippen LogP contribution in [0.1, 0.15) is 44.9 Å². The number of aliphatic hydroxyl groups excluding tert-OH is 1. The maximum absolute atomic E-state index is 13.9. The number of benzene rings is 2. The molecule has 1 aliphatic rings. The third kappa shape index (κ3) is 6.67. The second-order valence-corrected chi connectivity index (χ2v) is 10.3. The zero-order valence-electron chi connectivity index (χ0n) is 22.6. The molecule has 0 amide bonds. The summed E-state index contributed by atoms with van der Waals surface area (Å²) in [5, 5.41) is 33.7. The fraction of sp³-hybridized carbons (Fsp3) is 0.290. The first-order chi connectivity index (χ1) is 19.8. The van der Waals surface area contributed by atoms with Crippen molar-refractivity contribution in [3.8, 4) is 22.6 Å². The van der Waals surface area contributed by atoms with Crippen molar-refractivity contribution in [2.24, 2.45) is 5.92 Å². The van der Waals surface area contributed by atoms with E-state index in [9.17, 15) is 19.4 Å². The highest BCUT2D eigenvalue weighted by Gasteiger charge is 2.47. The number of para-hydroxylation sites is 1. The van der Waals surface area contributed by atoms with Crippen molar-refractivity contribution < 1.29 is 24.5 Å². The number of halogens is 1. The SMILES string of the molecule is CCC(/C=C/n1c(C2(O)CC2)nc(-c2ccnc(Nc3ccccc3)n2)c1-c1ccc(F)cc1)CC(O)CC(=O)O. The third-order valence-electron chi connectivity index (χ3n) is 7.11. The summed E-state index contributed by atoms with van der Waals surface area (Å²) in [6.07, 6.45) is 6.01. The molecule has 2 aromatic carbocycles. The molecule has 4 N–H and O–H groups in total. The van der Waals surface area contributed by atoms with Crippen LogP contribution in [0, 0.1) is 11.7 Å². The normalized spacial score (nSPS) is 15.5. The molecule has 0 bridgehead atoms. The molecule has 212 valence electrons. The first kappa shape index (κ1) is 28.1. The summed E-state index contributed by atoms with van der Waals surface area (Å²) < 4.78 is 15.7. The quantitative estimate of drug-likeness (QED) is 0.177. The van der Waals surface area contributed by atoms with Crippen molar-refractivity contribution in [3.63, 3.8) is 0 Å². The average Bonchev–Trinajstić information content (AvgIpc) is 3.58. The number of aliphatic carboxylic acids is 1. The second kappa shape index (κ2) is 12.0. The number of allylic oxidation sites excluding steroid dienone is 1. The van der Waals surface area contributed by atoms with Crippen LogP contribution in [0.5, 0.6) is 0 Å². The number of carbonyl (C=O) groups is 1. The molecule has 9 nitrogen and oxygen atoms in total. The molecule has 2 heterocycles. The number of imidazole rings is 1. The minimum absolute atomic E-state index is 0.126. The van der Waals surface area contributed by atoms with Crippen molar-refractivity contribution in [3.05, 3.63) is 84.6 Å². The van der Waals surface area contributed by atoms with Gasteiger partial charge in [0.05, 0.1) is 23.9 Å². The Morgan fingerprint density at radius 1 is 1.12 bits per heavy atom. The third-order valence-corrected chi connectivity index (χ3v) is 7.11. The number of anilines is 2. The molecular weight excluding hydrogens is 525 g/mol. The van der Waals surface area contributed by atoms with Crippen LogP contribution in [0.4, 0.5) is 16.0 Å². The van der Waals surface area contributed by atoms with Gasteiger partial charge in [0.25, 0.3) is 0 Å². The number of rotatable bonds is 12. The lowest BCUT2D eigenvalue weighted by Crippen LogP contribution is -2.17. The topological polar surface area (TPSA) is 133 Å². The Labute approximate surface area is 237 Å². The van der Waals surface area contributed by atoms with Gasteiger partial charge >= 0.3 is 5.97 Å². The first-order valence-electron chi connectivity index (χ1n) is 13.6. The summed E-state index contributed by atoms with van der Waals surface area (Å²) >= 11 is 0. The van der Waals surface area contributed by atoms with Gasteiger partial charge < -0.3 is 25.2 Å². The Morgan fingerprint density at radius 2 is 1.85 bits per heavy atom. The lowest BCUT2D eigenvalue weighted by molar-refractivity contribution is -0.139. The highest BCUT2D eigenvalue weighted by atomic mass is 19.1. The zero-order valence-corrected chi connectivity index (χ0v) is 22.6. The molecule has 10 heteroatoms. The minimum Gasteiger partial charge on any atom is -0.481 e. The lowest BCUT2D eigenvalue weighted by atomic mass is 9.97. The Bertz CT molecular complexity index is 1530. The van der Waals surface area contributed by atoms with Crippen LogP contribution < -0.4 is 5.32 Å². The molecule has 0 spiro atoms. The van der Waals surface area contributed by atoms with E-state index >= 15 is 0 Å². The summed E-state index contributed by atoms with van der Waals surface area (Å²) in [7, 11) is 0. The fourth-order valence-corrected chi connectivity index (χ4v) is 4.74. The standard InChI is InChI=1S/C31H32FN5O4/c1-2-20(18-24(38)19-26(39)40)13-17-37-28(21-8-10-22(32)11-9-21)27(36-29(37)31(41)14-15-31)25-12-16-33-30(35-25)34-23-6-4-3-5-7-23/h3-13,16-17,20,24,38,41H,2,14-15,18-19H2,1H3,(H,39,40)(H,33,34,35)/b17-13+. The van der Waals surface area contributed by atoms with Gasteiger partial charge in [0.15, 0.2) is 0 Å². The van der Waals surface area contributed by atoms with E-state index in [1.165, 1.54) is 12.1 Å². The number of hydrogen-bond donors (Lipinski definition) is 4. The summed E-state index contributed by atoms with van der Waals surface area (Å²) in [6, 6.07) is 17.3. The van der Waals surface area contributed by atoms with E-state index in [1.807, 2.05) is 43.3 Å². The number of carboxylic acids is 1. The molecule has 1 aliphatic carbocycles. The van der Waals surface area contributed by atoms with E-state index in [-0.39, 0.29) is 24.6 Å². The van der Waals surface area contributed by atoms with E-state index in [2.05, 4.69) is 10.3 Å². The monoisotopic (exact) mass is 557 g/mol. The van der Waals surface area contributed by atoms with Gasteiger partial charge in [-0.05, 0) is 74.1 Å². The Balaban J connectivity index is 1.60. The first-order valence-corrected chi connectivity index (χ1v) is 13.6. The van der Waals surface area contributed by atoms with Gasteiger partial charge in [0.1, 0.15) is 22.9 Å². The Kier molecular flexibility index (Phi) is 8.23. The molecule has 1 saturated carbocycles. The highest BCUT2D eigenvalue weighted by molar-refractivity contribution is 5.80. The Hall–Kier alpha value is -4.41. The number of aliphatic hydroxyl groups is 2. The molecule has 4 aromatic rings. The summed E-state index contributed by atoms with van der Waals surface area (Å²) in [6.45, 7) is 1.96. The van der Waals surface area contributed by atoms with Crippen LogP contribution in [0.25, 0.3) is 28.8 Å². The summed E-state index contributed by atoms with van der Waals surface area (Å²) in [5.41, 5.74) is 1.99. The van der Waals surface area contributed by atoms with Crippen molar-refractivity contribution >= 4 is 23.8 Å². The number of nitrogens with zero attached hydrogens (tertiary/aromatic N) is 4. The van der Waals surface area contributed by atoms with Crippen molar-refractivity contribution in [2.75, 3.05) is 5.32 Å². The van der Waals surface area contributed by atoms with Gasteiger partial charge in [-0.3, -0.25) is 4.79 Å². The van der Waals surface area contributed by atoms with E-state index in [4.69, 9.17) is 15.1 Å². The highest BCUT2D eigenvalue weighted by Crippen LogP contribution is 2.47. The zero-order chi connectivity index (χ0) is 29.0. The summed E-state index contributed by atoms with van der Waals surface area (Å²) in [4.78, 5) is 25.0. The van der Waals surface area contributed by atoms with Crippen LogP contribution in [-0.2, 0) is 10.4 Å². The number of hydrogen-bond acceptors (Lipinski definition) is 7. The molecule has 2 aromatic heterocycles. The van der Waals surface area contributed by atoms with Gasteiger partial charge in [-0.15, -0.1) is 0 Å². The number of nitrogens with one attached hydrogen (secondary N) is 1. The summed E-state index contributed by atoms with van der Waals surface area (Å²) in [5.74, 6) is -0.765. The maximum Gasteiger partial charge on any atom is 0.305 e. The molecule has 0 aliphatic heterocycles. The molecule has 1 fully saturated rings. The van der Waals surface area contributed by atoms with Gasteiger partial charge in [-0.25, -0.2) is 19.3 Å². The fourth-order valence-electron chi connectivity index (χ4n) is 4.74. The van der Waals surface area contributed by atoms with Gasteiger partial charge in [-0.2, -0.15) is 0 Å². The van der Waals surface area contributed by atoms with Crippen LogP contribution >= 0.6 is 0 Å². The molecular formula is C31H32FN5O4. The van der Waals surface area contributed by atoms with E-state index < -0.39 is 17.7 Å². The smallest absolute Gasteiger partial charge is 0.305 e. The lowest BCUT2D eigenvalue weighted by Gasteiger charge is -2.16. The number of aromatic nitrogens is 4. The van der Waals surface area contributed by atoms with Gasteiger partial charge in [0.2, 0.25) is 5.95 Å². The van der Waals surface area contributed by atoms with Gasteiger partial charge in [-0.1, -0.05) is 31.2 Å². The average molecular weight is 558 g/mol. The van der Waals surface area contributed by atoms with Crippen LogP contribution in [-0.4, -0.2) is 46.9 Å². The van der Waals surface area contributed by atoms with Crippen LogP contribution in [0.3, 0.4) is 0 Å². The molecule has 2 atom stereocenters. The Morgan fingerprint density at radius 3 is 2.51 bits per heavy atom. The molecule has 2 unspecified atom stereocenters. The number of carboxylic acid groups (broad SMARTS) is 1. The minimum atomic E-state index is -1.12. The predicted octanol–water partition coefficient (Wildman–Crippen LogP) is 5.59. The molecule has 0 saturated heterocycles. The second-order valence-electron chi connectivity index (χ2n) is 10.3. The molecule has 41 heavy (non-hydrogen) atoms. The van der Waals surface area contributed by atoms with Crippen molar-refractivity contribution in [1.29, 1.82) is 0 Å². The molecule has 5 rings (SSSR count).